The molecule has 1 amide bonds. The number of carbonyl (C=O) groups excluding carboxylic acids is 1. The van der Waals surface area contributed by atoms with Crippen molar-refractivity contribution in [2.75, 3.05) is 5.73 Å². The smallest absolute Gasteiger partial charge is 0.233 e. The van der Waals surface area contributed by atoms with Crippen LogP contribution in [-0.2, 0) is 4.79 Å². The van der Waals surface area contributed by atoms with Gasteiger partial charge in [0.1, 0.15) is 5.82 Å². The lowest BCUT2D eigenvalue weighted by molar-refractivity contribution is -0.121. The van der Waals surface area contributed by atoms with Crippen molar-refractivity contribution in [1.82, 2.24) is 5.32 Å². The third-order valence-electron chi connectivity index (χ3n) is 3.58. The number of nitrogens with two attached hydrogens (primary N) is 1. The van der Waals surface area contributed by atoms with E-state index in [0.29, 0.717) is 10.6 Å². The van der Waals surface area contributed by atoms with Crippen molar-refractivity contribution in [3.05, 3.63) is 24.0 Å². The van der Waals surface area contributed by atoms with E-state index in [1.165, 1.54) is 37.1 Å². The third kappa shape index (κ3) is 4.13. The summed E-state index contributed by atoms with van der Waals surface area (Å²) in [5, 5.41) is 2.75. The minimum atomic E-state index is -0.368. The van der Waals surface area contributed by atoms with E-state index in [0.717, 1.165) is 12.8 Å². The number of nitrogen functional groups attached to an aromatic ring is 1. The van der Waals surface area contributed by atoms with Gasteiger partial charge in [0.25, 0.3) is 0 Å². The highest BCUT2D eigenvalue weighted by atomic mass is 32.2. The molecule has 5 heteroatoms. The van der Waals surface area contributed by atoms with E-state index < -0.39 is 0 Å². The number of amides is 1. The first-order chi connectivity index (χ1) is 9.56. The maximum absolute atomic E-state index is 13.7. The molecule has 1 aromatic carbocycles. The number of rotatable bonds is 4. The number of carbonyl (C=O) groups is 1. The summed E-state index contributed by atoms with van der Waals surface area (Å²) in [6.45, 7) is 1.80. The molecule has 0 heterocycles. The van der Waals surface area contributed by atoms with Crippen LogP contribution in [0.3, 0.4) is 0 Å². The normalized spacial score (nSPS) is 17.7. The third-order valence-corrected chi connectivity index (χ3v) is 4.73. The molecule has 1 atom stereocenters. The van der Waals surface area contributed by atoms with Crippen LogP contribution in [0, 0.1) is 5.82 Å². The lowest BCUT2D eigenvalue weighted by atomic mass is 9.95. The van der Waals surface area contributed by atoms with Crippen LogP contribution >= 0.6 is 11.8 Å². The van der Waals surface area contributed by atoms with Crippen LogP contribution in [0.1, 0.15) is 39.0 Å². The Morgan fingerprint density at radius 2 is 2.10 bits per heavy atom. The van der Waals surface area contributed by atoms with Gasteiger partial charge < -0.3 is 11.1 Å². The number of anilines is 1. The molecule has 0 bridgehead atoms. The second-order valence-electron chi connectivity index (χ2n) is 5.29. The molecular formula is C15H21FN2OS. The van der Waals surface area contributed by atoms with E-state index in [1.54, 1.807) is 19.1 Å². The van der Waals surface area contributed by atoms with E-state index in [9.17, 15) is 9.18 Å². The number of thioether (sulfide) groups is 1. The van der Waals surface area contributed by atoms with Crippen LogP contribution in [-0.4, -0.2) is 17.2 Å². The molecule has 0 radical (unpaired) electrons. The molecular weight excluding hydrogens is 275 g/mol. The van der Waals surface area contributed by atoms with Gasteiger partial charge in [0.05, 0.1) is 5.25 Å². The van der Waals surface area contributed by atoms with Crippen molar-refractivity contribution in [2.24, 2.45) is 0 Å². The number of hydrogen-bond donors (Lipinski definition) is 2. The molecule has 1 fully saturated rings. The molecule has 1 aromatic rings. The Bertz CT molecular complexity index is 475. The maximum Gasteiger partial charge on any atom is 0.233 e. The van der Waals surface area contributed by atoms with E-state index in [4.69, 9.17) is 5.73 Å². The Morgan fingerprint density at radius 1 is 1.40 bits per heavy atom. The van der Waals surface area contributed by atoms with Gasteiger partial charge in [-0.2, -0.15) is 0 Å². The predicted molar refractivity (Wildman–Crippen MR) is 81.1 cm³/mol. The van der Waals surface area contributed by atoms with Crippen LogP contribution in [0.2, 0.25) is 0 Å². The summed E-state index contributed by atoms with van der Waals surface area (Å²) < 4.78 is 13.7. The van der Waals surface area contributed by atoms with E-state index >= 15 is 0 Å². The lowest BCUT2D eigenvalue weighted by Crippen LogP contribution is -2.40. The number of halogens is 1. The summed E-state index contributed by atoms with van der Waals surface area (Å²) in [5.74, 6) is -0.384. The zero-order chi connectivity index (χ0) is 14.5. The van der Waals surface area contributed by atoms with Gasteiger partial charge in [0.15, 0.2) is 0 Å². The van der Waals surface area contributed by atoms with Crippen LogP contribution < -0.4 is 11.1 Å². The Hall–Kier alpha value is -1.23. The molecule has 0 saturated heterocycles. The molecule has 3 nitrogen and oxygen atoms in total. The summed E-state index contributed by atoms with van der Waals surface area (Å²) >= 11 is 1.23. The van der Waals surface area contributed by atoms with Gasteiger partial charge in [-0.25, -0.2) is 4.39 Å². The molecule has 20 heavy (non-hydrogen) atoms. The van der Waals surface area contributed by atoms with E-state index in [-0.39, 0.29) is 23.0 Å². The van der Waals surface area contributed by atoms with Gasteiger partial charge in [-0.05, 0) is 38.0 Å². The van der Waals surface area contributed by atoms with Crippen LogP contribution in [0.4, 0.5) is 10.1 Å². The molecule has 1 aliphatic rings. The van der Waals surface area contributed by atoms with E-state index in [1.807, 2.05) is 0 Å². The molecule has 110 valence electrons. The molecule has 1 aliphatic carbocycles. The molecule has 1 unspecified atom stereocenters. The Morgan fingerprint density at radius 3 is 2.75 bits per heavy atom. The first-order valence-corrected chi connectivity index (χ1v) is 7.96. The fourth-order valence-corrected chi connectivity index (χ4v) is 3.30. The standard InChI is InChI=1S/C15H21FN2OS/c1-10(15(19)18-12-5-3-2-4-6-12)20-14-8-7-11(17)9-13(14)16/h7-10,12H,2-6,17H2,1H3,(H,18,19). The lowest BCUT2D eigenvalue weighted by Gasteiger charge is -2.24. The van der Waals surface area contributed by atoms with Crippen LogP contribution in [0.25, 0.3) is 0 Å². The molecule has 0 aliphatic heterocycles. The second-order valence-corrected chi connectivity index (χ2v) is 6.68. The second kappa shape index (κ2) is 6.97. The highest BCUT2D eigenvalue weighted by Crippen LogP contribution is 2.28. The fourth-order valence-electron chi connectivity index (χ4n) is 2.42. The van der Waals surface area contributed by atoms with Gasteiger partial charge in [-0.1, -0.05) is 19.3 Å². The largest absolute Gasteiger partial charge is 0.399 e. The SMILES string of the molecule is CC(Sc1ccc(N)cc1F)C(=O)NC1CCCCC1. The molecule has 1 saturated carbocycles. The highest BCUT2D eigenvalue weighted by molar-refractivity contribution is 8.00. The first kappa shape index (κ1) is 15.2. The van der Waals surface area contributed by atoms with Crippen molar-refractivity contribution < 1.29 is 9.18 Å². The molecule has 3 N–H and O–H groups in total. The number of benzene rings is 1. The minimum absolute atomic E-state index is 0.0156. The van der Waals surface area contributed by atoms with Gasteiger partial charge in [-0.15, -0.1) is 11.8 Å². The maximum atomic E-state index is 13.7. The molecule has 0 spiro atoms. The van der Waals surface area contributed by atoms with Crippen LogP contribution in [0.5, 0.6) is 0 Å². The zero-order valence-electron chi connectivity index (χ0n) is 11.7. The highest BCUT2D eigenvalue weighted by Gasteiger charge is 2.21. The van der Waals surface area contributed by atoms with E-state index in [2.05, 4.69) is 5.32 Å². The topological polar surface area (TPSA) is 55.1 Å². The van der Waals surface area contributed by atoms with Crippen molar-refractivity contribution in [1.29, 1.82) is 0 Å². The average molecular weight is 296 g/mol. The van der Waals surface area contributed by atoms with Crippen LogP contribution in [0.15, 0.2) is 23.1 Å². The summed E-state index contributed by atoms with van der Waals surface area (Å²) in [7, 11) is 0. The summed E-state index contributed by atoms with van der Waals surface area (Å²) in [6, 6.07) is 4.85. The van der Waals surface area contributed by atoms with Gasteiger partial charge in [0.2, 0.25) is 5.91 Å². The van der Waals surface area contributed by atoms with Crippen molar-refractivity contribution >= 4 is 23.4 Å². The van der Waals surface area contributed by atoms with Gasteiger partial charge in [0, 0.05) is 16.6 Å². The van der Waals surface area contributed by atoms with Crippen molar-refractivity contribution in [3.8, 4) is 0 Å². The monoisotopic (exact) mass is 296 g/mol. The van der Waals surface area contributed by atoms with Gasteiger partial charge >= 0.3 is 0 Å². The van der Waals surface area contributed by atoms with Crippen molar-refractivity contribution in [3.63, 3.8) is 0 Å². The average Bonchev–Trinajstić information content (AvgIpc) is 2.43. The predicted octanol–water partition coefficient (Wildman–Crippen LogP) is 3.34. The summed E-state index contributed by atoms with van der Waals surface area (Å²) in [6.07, 6.45) is 5.73. The minimum Gasteiger partial charge on any atom is -0.399 e. The van der Waals surface area contributed by atoms with Crippen molar-refractivity contribution in [2.45, 2.75) is 55.2 Å². The Balaban J connectivity index is 1.89. The number of hydrogen-bond acceptors (Lipinski definition) is 3. The molecule has 0 aromatic heterocycles. The Labute approximate surface area is 123 Å². The summed E-state index contributed by atoms with van der Waals surface area (Å²) in [5.41, 5.74) is 5.91. The zero-order valence-corrected chi connectivity index (χ0v) is 12.5. The number of nitrogens with one attached hydrogen (secondary N) is 1. The quantitative estimate of drug-likeness (QED) is 0.662. The summed E-state index contributed by atoms with van der Waals surface area (Å²) in [4.78, 5) is 12.6. The first-order valence-electron chi connectivity index (χ1n) is 7.08. The Kier molecular flexibility index (Phi) is 5.29. The molecule has 2 rings (SSSR count). The van der Waals surface area contributed by atoms with Gasteiger partial charge in [-0.3, -0.25) is 4.79 Å². The fraction of sp³-hybridized carbons (Fsp3) is 0.533.